The van der Waals surface area contributed by atoms with Crippen molar-refractivity contribution in [1.29, 1.82) is 0 Å². The highest BCUT2D eigenvalue weighted by Crippen LogP contribution is 2.44. The predicted molar refractivity (Wildman–Crippen MR) is 144 cm³/mol. The van der Waals surface area contributed by atoms with E-state index in [1.54, 1.807) is 51.4 Å². The van der Waals surface area contributed by atoms with Crippen molar-refractivity contribution in [1.82, 2.24) is 14.8 Å². The first-order valence-corrected chi connectivity index (χ1v) is 12.8. The van der Waals surface area contributed by atoms with E-state index in [-0.39, 0.29) is 38.7 Å². The Morgan fingerprint density at radius 3 is 2.44 bits per heavy atom. The van der Waals surface area contributed by atoms with Crippen molar-refractivity contribution in [2.24, 2.45) is 12.8 Å². The number of ether oxygens (including phenoxy) is 2. The number of aryl methyl sites for hydroxylation is 1. The maximum Gasteiger partial charge on any atom is 0.433 e. The van der Waals surface area contributed by atoms with Gasteiger partial charge in [-0.2, -0.15) is 18.3 Å². The number of halogens is 3. The minimum Gasteiger partial charge on any atom is -0.497 e. The first kappa shape index (κ1) is 27.7. The van der Waals surface area contributed by atoms with Crippen molar-refractivity contribution < 1.29 is 36.7 Å². The Balaban J connectivity index is 1.50. The molecule has 4 heterocycles. The van der Waals surface area contributed by atoms with Gasteiger partial charge in [-0.3, -0.25) is 14.3 Å². The van der Waals surface area contributed by atoms with Gasteiger partial charge in [-0.1, -0.05) is 0 Å². The highest BCUT2D eigenvalue weighted by Gasteiger charge is 2.35. The smallest absolute Gasteiger partial charge is 0.433 e. The summed E-state index contributed by atoms with van der Waals surface area (Å²) in [5.41, 5.74) is 5.33. The third-order valence-corrected chi connectivity index (χ3v) is 7.36. The number of carbonyl (C=O) groups is 2. The highest BCUT2D eigenvalue weighted by atomic mass is 32.1. The van der Waals surface area contributed by atoms with Gasteiger partial charge in [-0.25, -0.2) is 4.98 Å². The van der Waals surface area contributed by atoms with Gasteiger partial charge in [-0.05, 0) is 55.0 Å². The number of carbonyl (C=O) groups excluding carboxylic acids is 2. The van der Waals surface area contributed by atoms with Crippen molar-refractivity contribution in [2.75, 3.05) is 12.4 Å². The first-order valence-electron chi connectivity index (χ1n) is 12.0. The van der Waals surface area contributed by atoms with Crippen molar-refractivity contribution in [3.63, 3.8) is 0 Å². The van der Waals surface area contributed by atoms with Crippen LogP contribution >= 0.6 is 11.3 Å². The summed E-state index contributed by atoms with van der Waals surface area (Å²) in [5, 5.41) is 6.85. The molecule has 1 aromatic carbocycles. The summed E-state index contributed by atoms with van der Waals surface area (Å²) in [4.78, 5) is 29.0. The van der Waals surface area contributed by atoms with Gasteiger partial charge in [0, 0.05) is 23.7 Å². The minimum atomic E-state index is -4.77. The van der Waals surface area contributed by atoms with Gasteiger partial charge in [0.2, 0.25) is 0 Å². The summed E-state index contributed by atoms with van der Waals surface area (Å²) in [6, 6.07) is 10.7. The number of hydrogen-bond donors (Lipinski definition) is 2. The largest absolute Gasteiger partial charge is 0.497 e. The lowest BCUT2D eigenvalue weighted by Crippen LogP contribution is -2.16. The van der Waals surface area contributed by atoms with E-state index in [1.165, 1.54) is 16.9 Å². The fourth-order valence-electron chi connectivity index (χ4n) is 4.09. The quantitative estimate of drug-likeness (QED) is 0.244. The number of nitrogens with two attached hydrogens (primary N) is 1. The van der Waals surface area contributed by atoms with Crippen LogP contribution in [0.3, 0.4) is 0 Å². The predicted octanol–water partition coefficient (Wildman–Crippen LogP) is 5.56. The number of anilines is 1. The van der Waals surface area contributed by atoms with Crippen molar-refractivity contribution in [3.05, 3.63) is 76.4 Å². The van der Waals surface area contributed by atoms with Gasteiger partial charge in [-0.15, -0.1) is 11.3 Å². The van der Waals surface area contributed by atoms with E-state index >= 15 is 0 Å². The molecule has 0 aliphatic rings. The second-order valence-corrected chi connectivity index (χ2v) is 9.85. The Bertz CT molecular complexity index is 1770. The Morgan fingerprint density at radius 2 is 1.83 bits per heavy atom. The Kier molecular flexibility index (Phi) is 7.17. The molecule has 0 saturated carbocycles. The van der Waals surface area contributed by atoms with Crippen LogP contribution in [0.4, 0.5) is 18.9 Å². The van der Waals surface area contributed by atoms with Crippen molar-refractivity contribution in [2.45, 2.75) is 19.7 Å². The topological polar surface area (TPSA) is 134 Å². The SMILES string of the molecule is COc1ccc(OCc2ccc(C(=O)Nc3c(C(N)=O)sc4nc(C(F)(F)F)cc(-c5cnn(C)c5C)c34)o2)cc1. The number of rotatable bonds is 8. The van der Waals surface area contributed by atoms with E-state index in [9.17, 15) is 22.8 Å². The molecule has 4 aromatic heterocycles. The van der Waals surface area contributed by atoms with E-state index in [2.05, 4.69) is 15.4 Å². The second kappa shape index (κ2) is 10.6. The van der Waals surface area contributed by atoms with Crippen LogP contribution in [0.1, 0.15) is 37.4 Å². The summed E-state index contributed by atoms with van der Waals surface area (Å²) in [6.07, 6.45) is -3.36. The van der Waals surface area contributed by atoms with Gasteiger partial charge in [0.1, 0.15) is 39.3 Å². The lowest BCUT2D eigenvalue weighted by atomic mass is 10.0. The van der Waals surface area contributed by atoms with Crippen LogP contribution in [0.2, 0.25) is 0 Å². The van der Waals surface area contributed by atoms with Crippen LogP contribution in [0.15, 0.2) is 53.1 Å². The molecule has 0 aliphatic carbocycles. The summed E-state index contributed by atoms with van der Waals surface area (Å²) in [7, 11) is 3.19. The fraction of sp³-hybridized carbons (Fsp3) is 0.185. The molecule has 5 rings (SSSR count). The normalized spacial score (nSPS) is 11.6. The molecule has 0 aliphatic heterocycles. The van der Waals surface area contributed by atoms with E-state index in [4.69, 9.17) is 19.6 Å². The Labute approximate surface area is 234 Å². The molecule has 0 radical (unpaired) electrons. The molecular formula is C27H22F3N5O5S. The van der Waals surface area contributed by atoms with Crippen LogP contribution in [-0.4, -0.2) is 33.7 Å². The summed E-state index contributed by atoms with van der Waals surface area (Å²) < 4.78 is 59.2. The first-order chi connectivity index (χ1) is 19.5. The molecule has 0 fully saturated rings. The van der Waals surface area contributed by atoms with Gasteiger partial charge >= 0.3 is 6.18 Å². The zero-order valence-corrected chi connectivity index (χ0v) is 22.6. The number of fused-ring (bicyclic) bond motifs is 1. The van der Waals surface area contributed by atoms with Crippen LogP contribution in [0.5, 0.6) is 11.5 Å². The number of primary amides is 1. The molecule has 41 heavy (non-hydrogen) atoms. The standard InChI is InChI=1S/C27H22F3N5O5S/c1-13-18(11-32-35(13)2)17-10-20(27(28,29)30)33-26-21(17)22(23(41-26)24(31)36)34-25(37)19-9-8-16(40-19)12-39-15-6-4-14(38-3)5-7-15/h4-11H,12H2,1-3H3,(H2,31,36)(H,34,37). The second-order valence-electron chi connectivity index (χ2n) is 8.85. The molecule has 0 unspecified atom stereocenters. The number of aromatic nitrogens is 3. The minimum absolute atomic E-state index is 0.0160. The van der Waals surface area contributed by atoms with E-state index in [1.807, 2.05) is 0 Å². The van der Waals surface area contributed by atoms with E-state index < -0.39 is 23.7 Å². The average molecular weight is 586 g/mol. The molecule has 0 bridgehead atoms. The van der Waals surface area contributed by atoms with Crippen LogP contribution in [-0.2, 0) is 19.8 Å². The summed E-state index contributed by atoms with van der Waals surface area (Å²) in [5.74, 6) is -0.271. The molecule has 0 spiro atoms. The van der Waals surface area contributed by atoms with Crippen LogP contribution in [0.25, 0.3) is 21.3 Å². The molecule has 3 N–H and O–H groups in total. The average Bonchev–Trinajstić information content (AvgIpc) is 3.65. The van der Waals surface area contributed by atoms with Gasteiger partial charge in [0.05, 0.1) is 19.0 Å². The zero-order valence-electron chi connectivity index (χ0n) is 21.8. The van der Waals surface area contributed by atoms with Gasteiger partial charge < -0.3 is 24.9 Å². The molecule has 0 saturated heterocycles. The molecule has 5 aromatic rings. The molecule has 10 nitrogen and oxygen atoms in total. The maximum absolute atomic E-state index is 13.8. The number of thiophene rings is 1. The molecule has 0 atom stereocenters. The van der Waals surface area contributed by atoms with E-state index in [0.717, 1.165) is 6.07 Å². The number of amides is 2. The van der Waals surface area contributed by atoms with Crippen LogP contribution < -0.4 is 20.5 Å². The summed E-state index contributed by atoms with van der Waals surface area (Å²) in [6.45, 7) is 1.70. The van der Waals surface area contributed by atoms with Crippen LogP contribution in [0, 0.1) is 6.92 Å². The van der Waals surface area contributed by atoms with Crippen molar-refractivity contribution >= 4 is 39.1 Å². The third-order valence-electron chi connectivity index (χ3n) is 6.27. The monoisotopic (exact) mass is 585 g/mol. The fourth-order valence-corrected chi connectivity index (χ4v) is 5.10. The molecule has 14 heteroatoms. The van der Waals surface area contributed by atoms with Gasteiger partial charge in [0.15, 0.2) is 5.76 Å². The zero-order chi connectivity index (χ0) is 29.5. The lowest BCUT2D eigenvalue weighted by Gasteiger charge is -2.12. The number of nitrogens with zero attached hydrogens (tertiary/aromatic N) is 3. The maximum atomic E-state index is 13.8. The number of hydrogen-bond acceptors (Lipinski definition) is 8. The molecule has 212 valence electrons. The number of methoxy groups -OCH3 is 1. The molecule has 2 amide bonds. The highest BCUT2D eigenvalue weighted by molar-refractivity contribution is 7.21. The van der Waals surface area contributed by atoms with E-state index in [0.29, 0.717) is 39.9 Å². The molecular weight excluding hydrogens is 563 g/mol. The number of benzene rings is 1. The number of nitrogens with one attached hydrogen (secondary N) is 1. The number of alkyl halides is 3. The number of furan rings is 1. The van der Waals surface area contributed by atoms with Crippen molar-refractivity contribution in [3.8, 4) is 22.6 Å². The third kappa shape index (κ3) is 5.45. The van der Waals surface area contributed by atoms with Gasteiger partial charge in [0.25, 0.3) is 11.8 Å². The lowest BCUT2D eigenvalue weighted by molar-refractivity contribution is -0.140. The summed E-state index contributed by atoms with van der Waals surface area (Å²) >= 11 is 0.647. The Morgan fingerprint density at radius 1 is 1.12 bits per heavy atom. The Hall–Kier alpha value is -4.85. The number of pyridine rings is 1.